The van der Waals surface area contributed by atoms with Gasteiger partial charge in [-0.25, -0.2) is 0 Å². The van der Waals surface area contributed by atoms with Crippen LogP contribution in [0.25, 0.3) is 10.9 Å². The number of carbonyl (C=O) groups excluding carboxylic acids is 1. The molecular weight excluding hydrogens is 412 g/mol. The number of carbonyl (C=O) groups is 1. The molecule has 1 amide bonds. The SMILES string of the molecule is COc1ccccc1Cn1c(=S)[nH]c2cc(C(=O)NCc3ccccn3)ccc2c1=O. The molecule has 0 saturated carbocycles. The predicted molar refractivity (Wildman–Crippen MR) is 121 cm³/mol. The molecule has 0 unspecified atom stereocenters. The van der Waals surface area contributed by atoms with Crippen molar-refractivity contribution in [2.75, 3.05) is 7.11 Å². The van der Waals surface area contributed by atoms with Crippen molar-refractivity contribution in [1.82, 2.24) is 19.9 Å². The van der Waals surface area contributed by atoms with Gasteiger partial charge in [-0.15, -0.1) is 0 Å². The molecule has 2 heterocycles. The van der Waals surface area contributed by atoms with Gasteiger partial charge in [0.15, 0.2) is 4.77 Å². The summed E-state index contributed by atoms with van der Waals surface area (Å²) in [6, 6.07) is 17.9. The van der Waals surface area contributed by atoms with Gasteiger partial charge in [0, 0.05) is 17.3 Å². The Kier molecular flexibility index (Phi) is 5.90. The van der Waals surface area contributed by atoms with Crippen LogP contribution in [0.1, 0.15) is 21.6 Å². The summed E-state index contributed by atoms with van der Waals surface area (Å²) in [6.45, 7) is 0.592. The van der Waals surface area contributed by atoms with Crippen molar-refractivity contribution >= 4 is 29.0 Å². The molecule has 0 aliphatic heterocycles. The number of ether oxygens (including phenoxy) is 1. The summed E-state index contributed by atoms with van der Waals surface area (Å²) in [4.78, 5) is 32.9. The maximum absolute atomic E-state index is 13.1. The van der Waals surface area contributed by atoms with Gasteiger partial charge >= 0.3 is 0 Å². The van der Waals surface area contributed by atoms with Gasteiger partial charge in [-0.3, -0.25) is 19.1 Å². The van der Waals surface area contributed by atoms with Crippen molar-refractivity contribution in [2.24, 2.45) is 0 Å². The van der Waals surface area contributed by atoms with Crippen LogP contribution in [0.3, 0.4) is 0 Å². The summed E-state index contributed by atoms with van der Waals surface area (Å²) < 4.78 is 7.13. The molecule has 0 fully saturated rings. The maximum atomic E-state index is 13.1. The summed E-state index contributed by atoms with van der Waals surface area (Å²) in [6.07, 6.45) is 1.67. The first kappa shape index (κ1) is 20.5. The van der Waals surface area contributed by atoms with E-state index in [9.17, 15) is 9.59 Å². The average molecular weight is 433 g/mol. The van der Waals surface area contributed by atoms with Crippen molar-refractivity contribution < 1.29 is 9.53 Å². The summed E-state index contributed by atoms with van der Waals surface area (Å²) in [5.74, 6) is 0.425. The van der Waals surface area contributed by atoms with Gasteiger partial charge in [0.25, 0.3) is 11.5 Å². The number of amides is 1. The van der Waals surface area contributed by atoms with E-state index in [1.165, 1.54) is 4.57 Å². The van der Waals surface area contributed by atoms with E-state index < -0.39 is 0 Å². The largest absolute Gasteiger partial charge is 0.496 e. The zero-order valence-electron chi connectivity index (χ0n) is 16.8. The number of nitrogens with one attached hydrogen (secondary N) is 2. The summed E-state index contributed by atoms with van der Waals surface area (Å²) in [5.41, 5.74) is 2.31. The predicted octanol–water partition coefficient (Wildman–Crippen LogP) is 3.44. The second-order valence-corrected chi connectivity index (χ2v) is 7.28. The van der Waals surface area contributed by atoms with E-state index in [4.69, 9.17) is 17.0 Å². The molecule has 0 radical (unpaired) electrons. The number of rotatable bonds is 6. The minimum absolute atomic E-state index is 0.231. The molecule has 2 aromatic heterocycles. The lowest BCUT2D eigenvalue weighted by Crippen LogP contribution is -2.25. The molecule has 0 saturated heterocycles. The lowest BCUT2D eigenvalue weighted by molar-refractivity contribution is 0.0950. The van der Waals surface area contributed by atoms with Gasteiger partial charge in [0.05, 0.1) is 36.8 Å². The van der Waals surface area contributed by atoms with E-state index >= 15 is 0 Å². The Hall–Kier alpha value is -3.78. The van der Waals surface area contributed by atoms with Crippen LogP contribution < -0.4 is 15.6 Å². The number of aromatic amines is 1. The van der Waals surface area contributed by atoms with Crippen LogP contribution in [0, 0.1) is 4.77 Å². The third-order valence-electron chi connectivity index (χ3n) is 4.92. The highest BCUT2D eigenvalue weighted by molar-refractivity contribution is 7.71. The Bertz CT molecular complexity index is 1360. The van der Waals surface area contributed by atoms with E-state index in [1.807, 2.05) is 42.5 Å². The lowest BCUT2D eigenvalue weighted by atomic mass is 10.1. The standard InChI is InChI=1S/C23H20N4O3S/c1-30-20-8-3-2-6-16(20)14-27-22(29)18-10-9-15(12-19(18)26-23(27)31)21(28)25-13-17-7-4-5-11-24-17/h2-12H,13-14H2,1H3,(H,25,28)(H,26,31). The van der Waals surface area contributed by atoms with Crippen molar-refractivity contribution in [3.8, 4) is 5.75 Å². The Morgan fingerprint density at radius 1 is 1.16 bits per heavy atom. The normalized spacial score (nSPS) is 10.7. The van der Waals surface area contributed by atoms with Crippen LogP contribution in [-0.2, 0) is 13.1 Å². The number of nitrogens with zero attached hydrogens (tertiary/aromatic N) is 2. The second-order valence-electron chi connectivity index (χ2n) is 6.90. The third-order valence-corrected chi connectivity index (χ3v) is 5.24. The average Bonchev–Trinajstić information content (AvgIpc) is 2.80. The number of aromatic nitrogens is 3. The van der Waals surface area contributed by atoms with Crippen molar-refractivity contribution in [3.05, 3.63) is 98.8 Å². The van der Waals surface area contributed by atoms with E-state index in [0.717, 1.165) is 11.3 Å². The molecule has 7 nitrogen and oxygen atoms in total. The summed E-state index contributed by atoms with van der Waals surface area (Å²) in [5, 5.41) is 3.28. The molecule has 156 valence electrons. The minimum atomic E-state index is -0.259. The molecular formula is C23H20N4O3S. The molecule has 2 aromatic carbocycles. The minimum Gasteiger partial charge on any atom is -0.496 e. The molecule has 0 spiro atoms. The maximum Gasteiger partial charge on any atom is 0.262 e. The second kappa shape index (κ2) is 8.93. The third kappa shape index (κ3) is 4.39. The van der Waals surface area contributed by atoms with Gasteiger partial charge in [0.1, 0.15) is 5.75 Å². The van der Waals surface area contributed by atoms with Crippen molar-refractivity contribution in [3.63, 3.8) is 0 Å². The smallest absolute Gasteiger partial charge is 0.262 e. The number of pyridine rings is 1. The fourth-order valence-corrected chi connectivity index (χ4v) is 3.58. The van der Waals surface area contributed by atoms with E-state index in [1.54, 1.807) is 31.5 Å². The fourth-order valence-electron chi connectivity index (χ4n) is 3.32. The van der Waals surface area contributed by atoms with Crippen LogP contribution >= 0.6 is 12.2 Å². The van der Waals surface area contributed by atoms with Crippen LogP contribution in [-0.4, -0.2) is 27.6 Å². The molecule has 4 aromatic rings. The first-order valence-electron chi connectivity index (χ1n) is 9.63. The molecule has 0 atom stereocenters. The van der Waals surface area contributed by atoms with Crippen LogP contribution in [0.2, 0.25) is 0 Å². The molecule has 2 N–H and O–H groups in total. The Labute approximate surface area is 183 Å². The molecule has 4 rings (SSSR count). The van der Waals surface area contributed by atoms with E-state index in [0.29, 0.717) is 28.8 Å². The number of fused-ring (bicyclic) bond motifs is 1. The van der Waals surface area contributed by atoms with Crippen LogP contribution in [0.15, 0.2) is 71.7 Å². The van der Waals surface area contributed by atoms with E-state index in [2.05, 4.69) is 15.3 Å². The first-order valence-corrected chi connectivity index (χ1v) is 10.0. The molecule has 31 heavy (non-hydrogen) atoms. The van der Waals surface area contributed by atoms with E-state index in [-0.39, 0.29) is 22.8 Å². The number of H-pyrrole nitrogens is 1. The van der Waals surface area contributed by atoms with Crippen molar-refractivity contribution in [2.45, 2.75) is 13.1 Å². The van der Waals surface area contributed by atoms with Gasteiger partial charge in [0.2, 0.25) is 0 Å². The zero-order chi connectivity index (χ0) is 21.8. The van der Waals surface area contributed by atoms with Gasteiger partial charge < -0.3 is 15.0 Å². The highest BCUT2D eigenvalue weighted by Gasteiger charge is 2.12. The highest BCUT2D eigenvalue weighted by atomic mass is 32.1. The van der Waals surface area contributed by atoms with Crippen LogP contribution in [0.4, 0.5) is 0 Å². The molecule has 0 bridgehead atoms. The summed E-state index contributed by atoms with van der Waals surface area (Å²) >= 11 is 5.43. The first-order chi connectivity index (χ1) is 15.1. The molecule has 0 aliphatic carbocycles. The number of hydrogen-bond acceptors (Lipinski definition) is 5. The monoisotopic (exact) mass is 432 g/mol. The quantitative estimate of drug-likeness (QED) is 0.456. The lowest BCUT2D eigenvalue weighted by Gasteiger charge is -2.12. The topological polar surface area (TPSA) is 89.0 Å². The number of methoxy groups -OCH3 is 1. The van der Waals surface area contributed by atoms with Gasteiger partial charge in [-0.1, -0.05) is 24.3 Å². The van der Waals surface area contributed by atoms with Crippen LogP contribution in [0.5, 0.6) is 5.75 Å². The Balaban J connectivity index is 1.62. The van der Waals surface area contributed by atoms with Crippen molar-refractivity contribution in [1.29, 1.82) is 0 Å². The molecule has 8 heteroatoms. The Morgan fingerprint density at radius 2 is 1.97 bits per heavy atom. The highest BCUT2D eigenvalue weighted by Crippen LogP contribution is 2.19. The summed E-state index contributed by atoms with van der Waals surface area (Å²) in [7, 11) is 1.59. The number of benzene rings is 2. The zero-order valence-corrected chi connectivity index (χ0v) is 17.6. The Morgan fingerprint density at radius 3 is 2.74 bits per heavy atom. The van der Waals surface area contributed by atoms with Gasteiger partial charge in [-0.2, -0.15) is 0 Å². The molecule has 0 aliphatic rings. The fraction of sp³-hybridized carbons (Fsp3) is 0.130. The van der Waals surface area contributed by atoms with Gasteiger partial charge in [-0.05, 0) is 48.6 Å². The number of hydrogen-bond donors (Lipinski definition) is 2. The number of para-hydroxylation sites is 1.